The van der Waals surface area contributed by atoms with E-state index in [0.717, 1.165) is 27.5 Å². The number of carbonyl (C=O) groups excluding carboxylic acids is 1. The molecule has 5 heteroatoms. The van der Waals surface area contributed by atoms with Gasteiger partial charge in [0.05, 0.1) is 12.4 Å². The van der Waals surface area contributed by atoms with Gasteiger partial charge in [-0.25, -0.2) is 0 Å². The van der Waals surface area contributed by atoms with Gasteiger partial charge in [0.25, 0.3) is 0 Å². The fraction of sp³-hybridized carbons (Fsp3) is 0.208. The quantitative estimate of drug-likeness (QED) is 0.326. The molecule has 0 saturated heterocycles. The minimum atomic E-state index is -0.0962. The average molecular weight is 424 g/mol. The fourth-order valence-corrected chi connectivity index (χ4v) is 4.00. The highest BCUT2D eigenvalue weighted by Gasteiger charge is 2.14. The first-order valence-electron chi connectivity index (χ1n) is 9.49. The van der Waals surface area contributed by atoms with Crippen LogP contribution in [-0.2, 0) is 9.53 Å². The van der Waals surface area contributed by atoms with Gasteiger partial charge < -0.3 is 10.1 Å². The summed E-state index contributed by atoms with van der Waals surface area (Å²) >= 11 is 3.24. The van der Waals surface area contributed by atoms with Crippen LogP contribution >= 0.6 is 23.5 Å². The van der Waals surface area contributed by atoms with Crippen molar-refractivity contribution in [3.05, 3.63) is 96.1 Å². The van der Waals surface area contributed by atoms with Crippen LogP contribution in [-0.4, -0.2) is 30.3 Å². The summed E-state index contributed by atoms with van der Waals surface area (Å²) in [6.45, 7) is 0.578. The molecule has 0 aliphatic heterocycles. The van der Waals surface area contributed by atoms with E-state index in [-0.39, 0.29) is 12.0 Å². The number of anilines is 1. The third-order valence-electron chi connectivity index (χ3n) is 4.30. The molecule has 0 aromatic heterocycles. The summed E-state index contributed by atoms with van der Waals surface area (Å²) in [5.41, 5.74) is 3.11. The Balaban J connectivity index is 1.46. The monoisotopic (exact) mass is 423 g/mol. The molecule has 0 aliphatic carbocycles. The van der Waals surface area contributed by atoms with Gasteiger partial charge in [0.2, 0.25) is 5.91 Å². The molecular formula is C24H25NO2S2. The molecule has 0 bridgehead atoms. The van der Waals surface area contributed by atoms with E-state index in [1.54, 1.807) is 23.5 Å². The average Bonchev–Trinajstić information content (AvgIpc) is 2.77. The standard InChI is InChI=1S/C24H25NO2S2/c1-28-22-14-8-13-21(17-22)25-23(26)18-29-16-15-27-24(19-9-4-2-5-10-19)20-11-6-3-7-12-20/h2-14,17,24H,15-16,18H2,1H3,(H,25,26). The van der Waals surface area contributed by atoms with E-state index in [9.17, 15) is 4.79 Å². The molecule has 1 amide bonds. The van der Waals surface area contributed by atoms with Gasteiger partial charge in [-0.15, -0.1) is 23.5 Å². The second-order valence-corrected chi connectivity index (χ2v) is 8.39. The molecule has 0 fully saturated rings. The van der Waals surface area contributed by atoms with Gasteiger partial charge in [0, 0.05) is 16.3 Å². The van der Waals surface area contributed by atoms with Crippen LogP contribution in [0.1, 0.15) is 17.2 Å². The highest BCUT2D eigenvalue weighted by atomic mass is 32.2. The largest absolute Gasteiger partial charge is 0.368 e. The fourth-order valence-electron chi connectivity index (χ4n) is 2.93. The molecular weight excluding hydrogens is 398 g/mol. The molecule has 3 aromatic carbocycles. The van der Waals surface area contributed by atoms with Crippen LogP contribution in [0.25, 0.3) is 0 Å². The van der Waals surface area contributed by atoms with Crippen molar-refractivity contribution in [3.8, 4) is 0 Å². The highest BCUT2D eigenvalue weighted by molar-refractivity contribution is 8.00. The number of hydrogen-bond donors (Lipinski definition) is 1. The Morgan fingerprint density at radius 1 is 0.931 bits per heavy atom. The zero-order valence-corrected chi connectivity index (χ0v) is 18.0. The van der Waals surface area contributed by atoms with E-state index in [1.165, 1.54) is 0 Å². The number of nitrogens with one attached hydrogen (secondary N) is 1. The van der Waals surface area contributed by atoms with E-state index in [4.69, 9.17) is 4.74 Å². The Bertz CT molecular complexity index is 848. The summed E-state index contributed by atoms with van der Waals surface area (Å²) in [7, 11) is 0. The van der Waals surface area contributed by atoms with Crippen molar-refractivity contribution in [3.63, 3.8) is 0 Å². The summed E-state index contributed by atoms with van der Waals surface area (Å²) in [6.07, 6.45) is 1.93. The van der Waals surface area contributed by atoms with Crippen molar-refractivity contribution in [1.82, 2.24) is 0 Å². The van der Waals surface area contributed by atoms with Crippen molar-refractivity contribution < 1.29 is 9.53 Å². The number of benzene rings is 3. The van der Waals surface area contributed by atoms with Crippen molar-refractivity contribution >= 4 is 35.1 Å². The molecule has 3 nitrogen and oxygen atoms in total. The molecule has 0 spiro atoms. The molecule has 3 rings (SSSR count). The maximum absolute atomic E-state index is 12.2. The summed E-state index contributed by atoms with van der Waals surface area (Å²) in [5, 5.41) is 2.95. The van der Waals surface area contributed by atoms with Crippen LogP contribution in [0.4, 0.5) is 5.69 Å². The number of hydrogen-bond acceptors (Lipinski definition) is 4. The van der Waals surface area contributed by atoms with Gasteiger partial charge in [0.15, 0.2) is 0 Å². The zero-order valence-electron chi connectivity index (χ0n) is 16.4. The molecule has 0 atom stereocenters. The lowest BCUT2D eigenvalue weighted by atomic mass is 10.0. The lowest BCUT2D eigenvalue weighted by Crippen LogP contribution is -2.15. The predicted molar refractivity (Wildman–Crippen MR) is 125 cm³/mol. The van der Waals surface area contributed by atoms with Gasteiger partial charge in [-0.1, -0.05) is 66.7 Å². The van der Waals surface area contributed by atoms with Crippen molar-refractivity contribution in [2.45, 2.75) is 11.0 Å². The van der Waals surface area contributed by atoms with Gasteiger partial charge in [-0.3, -0.25) is 4.79 Å². The zero-order chi connectivity index (χ0) is 20.3. The minimum Gasteiger partial charge on any atom is -0.368 e. The lowest BCUT2D eigenvalue weighted by Gasteiger charge is -2.19. The van der Waals surface area contributed by atoms with Crippen LogP contribution in [0.2, 0.25) is 0 Å². The minimum absolute atomic E-state index is 0.0101. The van der Waals surface area contributed by atoms with Crippen LogP contribution in [0.15, 0.2) is 89.8 Å². The molecule has 29 heavy (non-hydrogen) atoms. The Morgan fingerprint density at radius 2 is 1.59 bits per heavy atom. The number of carbonyl (C=O) groups is 1. The maximum Gasteiger partial charge on any atom is 0.234 e. The normalized spacial score (nSPS) is 10.8. The Kier molecular flexibility index (Phi) is 8.68. The molecule has 0 unspecified atom stereocenters. The van der Waals surface area contributed by atoms with Crippen LogP contribution in [0, 0.1) is 0 Å². The third kappa shape index (κ3) is 6.96. The van der Waals surface area contributed by atoms with Crippen molar-refractivity contribution in [2.75, 3.05) is 29.7 Å². The highest BCUT2D eigenvalue weighted by Crippen LogP contribution is 2.26. The van der Waals surface area contributed by atoms with E-state index < -0.39 is 0 Å². The summed E-state index contributed by atoms with van der Waals surface area (Å²) in [4.78, 5) is 13.3. The van der Waals surface area contributed by atoms with E-state index >= 15 is 0 Å². The molecule has 0 saturated carbocycles. The van der Waals surface area contributed by atoms with Gasteiger partial charge >= 0.3 is 0 Å². The summed E-state index contributed by atoms with van der Waals surface area (Å²) < 4.78 is 6.19. The topological polar surface area (TPSA) is 38.3 Å². The molecule has 0 heterocycles. The van der Waals surface area contributed by atoms with Gasteiger partial charge in [-0.2, -0.15) is 0 Å². The van der Waals surface area contributed by atoms with Crippen LogP contribution in [0.3, 0.4) is 0 Å². The van der Waals surface area contributed by atoms with Crippen LogP contribution < -0.4 is 5.32 Å². The Morgan fingerprint density at radius 3 is 2.21 bits per heavy atom. The van der Waals surface area contributed by atoms with E-state index in [0.29, 0.717) is 12.4 Å². The number of amides is 1. The predicted octanol–water partition coefficient (Wildman–Crippen LogP) is 5.89. The maximum atomic E-state index is 12.2. The first-order valence-corrected chi connectivity index (χ1v) is 11.9. The SMILES string of the molecule is CSc1cccc(NC(=O)CSCCOC(c2ccccc2)c2ccccc2)c1. The second kappa shape index (κ2) is 11.7. The molecule has 1 N–H and O–H groups in total. The summed E-state index contributed by atoms with van der Waals surface area (Å²) in [5.74, 6) is 1.18. The van der Waals surface area contributed by atoms with Gasteiger partial charge in [-0.05, 0) is 35.6 Å². The smallest absolute Gasteiger partial charge is 0.234 e. The number of ether oxygens (including phenoxy) is 1. The van der Waals surface area contributed by atoms with E-state index in [2.05, 4.69) is 29.6 Å². The Labute approximate surface area is 181 Å². The van der Waals surface area contributed by atoms with Gasteiger partial charge in [0.1, 0.15) is 6.10 Å². The second-order valence-electron chi connectivity index (χ2n) is 6.40. The third-order valence-corrected chi connectivity index (χ3v) is 5.95. The van der Waals surface area contributed by atoms with Crippen molar-refractivity contribution in [1.29, 1.82) is 0 Å². The van der Waals surface area contributed by atoms with Crippen molar-refractivity contribution in [2.24, 2.45) is 0 Å². The molecule has 0 aliphatic rings. The lowest BCUT2D eigenvalue weighted by molar-refractivity contribution is -0.113. The first-order chi connectivity index (χ1) is 14.3. The molecule has 3 aromatic rings. The molecule has 150 valence electrons. The molecule has 0 radical (unpaired) electrons. The summed E-state index contributed by atoms with van der Waals surface area (Å²) in [6, 6.07) is 28.3. The first kappa shape index (κ1) is 21.5. The van der Waals surface area contributed by atoms with E-state index in [1.807, 2.05) is 66.9 Å². The van der Waals surface area contributed by atoms with Crippen LogP contribution in [0.5, 0.6) is 0 Å². The number of rotatable bonds is 10. The Hall–Kier alpha value is -2.21. The number of thioether (sulfide) groups is 2.